The highest BCUT2D eigenvalue weighted by molar-refractivity contribution is 6.43. The molecule has 0 aromatic rings. The first kappa shape index (κ1) is 4.48. The Labute approximate surface area is 46.7 Å². The molecule has 0 saturated carbocycles. The minimum absolute atomic E-state index is 0.0895. The Morgan fingerprint density at radius 1 is 1.67 bits per heavy atom. The van der Waals surface area contributed by atoms with Gasteiger partial charge in [0.25, 0.3) is 0 Å². The lowest BCUT2D eigenvalue weighted by atomic mass is 10.6. The van der Waals surface area contributed by atoms with Gasteiger partial charge in [-0.25, -0.2) is 0 Å². The smallest absolute Gasteiger partial charge is 0.0913 e. The van der Waals surface area contributed by atoms with E-state index in [1.54, 1.807) is 0 Å². The van der Waals surface area contributed by atoms with E-state index in [2.05, 4.69) is 0 Å². The maximum atomic E-state index is 5.48. The summed E-state index contributed by atoms with van der Waals surface area (Å²) in [6.07, 6.45) is 0. The van der Waals surface area contributed by atoms with Crippen molar-refractivity contribution in [3.63, 3.8) is 0 Å². The van der Waals surface area contributed by atoms with Crippen molar-refractivity contribution in [1.29, 1.82) is 0 Å². The molecular weight excluding hydrogens is 119 g/mol. The minimum atomic E-state index is 0.0895. The van der Waals surface area contributed by atoms with Crippen LogP contribution in [0.2, 0.25) is 0 Å². The first-order valence-electron chi connectivity index (χ1n) is 1.73. The molecule has 1 atom stereocenters. The molecule has 0 aromatic carbocycles. The Hall–Kier alpha value is 0.320. The van der Waals surface area contributed by atoms with Crippen molar-refractivity contribution in [2.75, 3.05) is 0 Å². The number of halogens is 2. The van der Waals surface area contributed by atoms with Crippen LogP contribution in [-0.4, -0.2) is 5.38 Å². The minimum Gasteiger partial charge on any atom is -0.112 e. The van der Waals surface area contributed by atoms with Crippen LogP contribution >= 0.6 is 23.2 Å². The summed E-state index contributed by atoms with van der Waals surface area (Å²) in [6, 6.07) is 0. The molecule has 0 nitrogen and oxygen atoms in total. The van der Waals surface area contributed by atoms with Gasteiger partial charge in [-0.1, -0.05) is 11.6 Å². The second-order valence-electron chi connectivity index (χ2n) is 1.39. The summed E-state index contributed by atoms with van der Waals surface area (Å²) in [5.74, 6) is 0. The summed E-state index contributed by atoms with van der Waals surface area (Å²) in [5, 5.41) is 0.920. The highest BCUT2D eigenvalue weighted by Gasteiger charge is 2.28. The first-order chi connectivity index (χ1) is 2.73. The van der Waals surface area contributed by atoms with E-state index in [1.165, 1.54) is 0 Å². The van der Waals surface area contributed by atoms with E-state index in [-0.39, 0.29) is 5.38 Å². The molecule has 0 saturated heterocycles. The third-order valence-electron chi connectivity index (χ3n) is 0.896. The topological polar surface area (TPSA) is 0 Å². The van der Waals surface area contributed by atoms with Crippen LogP contribution in [-0.2, 0) is 0 Å². The summed E-state index contributed by atoms with van der Waals surface area (Å²) < 4.78 is 0. The molecule has 34 valence electrons. The average molecular weight is 123 g/mol. The fourth-order valence-corrected chi connectivity index (χ4v) is 0.761. The Balaban J connectivity index is 2.54. The van der Waals surface area contributed by atoms with Gasteiger partial charge < -0.3 is 0 Å². The van der Waals surface area contributed by atoms with Crippen molar-refractivity contribution >= 4 is 23.2 Å². The van der Waals surface area contributed by atoms with Gasteiger partial charge in [0.15, 0.2) is 0 Å². The Bertz CT molecular complexity index is 92.1. The lowest BCUT2D eigenvalue weighted by Gasteiger charge is -1.68. The lowest BCUT2D eigenvalue weighted by Crippen LogP contribution is -1.64. The zero-order chi connectivity index (χ0) is 4.73. The van der Waals surface area contributed by atoms with Gasteiger partial charge in [-0.05, 0) is 12.5 Å². The molecule has 6 heavy (non-hydrogen) atoms. The van der Waals surface area contributed by atoms with Gasteiger partial charge in [-0.3, -0.25) is 0 Å². The molecule has 0 radical (unpaired) electrons. The van der Waals surface area contributed by atoms with Crippen molar-refractivity contribution < 1.29 is 0 Å². The van der Waals surface area contributed by atoms with E-state index in [4.69, 9.17) is 23.2 Å². The molecule has 0 aliphatic heterocycles. The molecule has 0 spiro atoms. The number of alkyl halides is 1. The summed E-state index contributed by atoms with van der Waals surface area (Å²) in [7, 11) is 0. The van der Waals surface area contributed by atoms with Gasteiger partial charge in [0, 0.05) is 5.03 Å². The number of hydrogen-bond acceptors (Lipinski definition) is 0. The summed E-state index contributed by atoms with van der Waals surface area (Å²) in [5.41, 5.74) is 1.12. The highest BCUT2D eigenvalue weighted by Crippen LogP contribution is 2.39. The Morgan fingerprint density at radius 2 is 1.83 bits per heavy atom. The fraction of sp³-hybridized carbons (Fsp3) is 0.500. The van der Waals surface area contributed by atoms with Gasteiger partial charge in [0.05, 0.1) is 5.38 Å². The summed E-state index contributed by atoms with van der Waals surface area (Å²) in [6.45, 7) is 1.93. The summed E-state index contributed by atoms with van der Waals surface area (Å²) in [4.78, 5) is 0. The Morgan fingerprint density at radius 3 is 1.83 bits per heavy atom. The van der Waals surface area contributed by atoms with E-state index in [0.717, 1.165) is 10.6 Å². The van der Waals surface area contributed by atoms with Gasteiger partial charge in [0.2, 0.25) is 0 Å². The molecular formula is C4H4Cl2. The second kappa shape index (κ2) is 1.14. The molecule has 0 fully saturated rings. The predicted octanol–water partition coefficient (Wildman–Crippen LogP) is 2.12. The van der Waals surface area contributed by atoms with Gasteiger partial charge in [0.1, 0.15) is 0 Å². The van der Waals surface area contributed by atoms with Crippen LogP contribution in [0.15, 0.2) is 10.6 Å². The molecule has 1 aliphatic rings. The van der Waals surface area contributed by atoms with E-state index < -0.39 is 0 Å². The SMILES string of the molecule is CC1=C(Cl)C1Cl. The van der Waals surface area contributed by atoms with Gasteiger partial charge in [-0.2, -0.15) is 0 Å². The highest BCUT2D eigenvalue weighted by atomic mass is 35.5. The monoisotopic (exact) mass is 122 g/mol. The Kier molecular flexibility index (Phi) is 0.853. The molecule has 0 heterocycles. The van der Waals surface area contributed by atoms with Crippen molar-refractivity contribution in [2.45, 2.75) is 12.3 Å². The third-order valence-corrected chi connectivity index (χ3v) is 2.07. The quantitative estimate of drug-likeness (QED) is 0.432. The van der Waals surface area contributed by atoms with Crippen molar-refractivity contribution in [1.82, 2.24) is 0 Å². The molecule has 1 rings (SSSR count). The van der Waals surface area contributed by atoms with E-state index in [0.29, 0.717) is 0 Å². The van der Waals surface area contributed by atoms with Crippen LogP contribution < -0.4 is 0 Å². The molecule has 0 amide bonds. The zero-order valence-electron chi connectivity index (χ0n) is 3.33. The maximum Gasteiger partial charge on any atom is 0.0913 e. The summed E-state index contributed by atoms with van der Waals surface area (Å²) >= 11 is 10.9. The molecule has 0 bridgehead atoms. The predicted molar refractivity (Wildman–Crippen MR) is 28.2 cm³/mol. The van der Waals surface area contributed by atoms with Crippen LogP contribution in [0.1, 0.15) is 6.92 Å². The van der Waals surface area contributed by atoms with Crippen LogP contribution in [0.4, 0.5) is 0 Å². The standard InChI is InChI=1S/C4H4Cl2/c1-2-3(5)4(2)6/h3H,1H3. The second-order valence-corrected chi connectivity index (χ2v) is 2.24. The largest absolute Gasteiger partial charge is 0.112 e. The van der Waals surface area contributed by atoms with Crippen LogP contribution in [0.3, 0.4) is 0 Å². The van der Waals surface area contributed by atoms with E-state index >= 15 is 0 Å². The van der Waals surface area contributed by atoms with Crippen molar-refractivity contribution in [3.8, 4) is 0 Å². The average Bonchev–Trinajstić information content (AvgIpc) is 1.94. The molecule has 1 unspecified atom stereocenters. The van der Waals surface area contributed by atoms with Gasteiger partial charge >= 0.3 is 0 Å². The lowest BCUT2D eigenvalue weighted by molar-refractivity contribution is 1.48. The normalized spacial score (nSPS) is 31.5. The molecule has 2 heteroatoms. The first-order valence-corrected chi connectivity index (χ1v) is 2.55. The fourth-order valence-electron chi connectivity index (χ4n) is 0.261. The molecule has 1 aliphatic carbocycles. The van der Waals surface area contributed by atoms with Gasteiger partial charge in [-0.15, -0.1) is 11.6 Å². The van der Waals surface area contributed by atoms with Crippen molar-refractivity contribution in [3.05, 3.63) is 10.6 Å². The van der Waals surface area contributed by atoms with Crippen LogP contribution in [0.5, 0.6) is 0 Å². The van der Waals surface area contributed by atoms with Crippen molar-refractivity contribution in [2.24, 2.45) is 0 Å². The van der Waals surface area contributed by atoms with E-state index in [1.807, 2.05) is 6.92 Å². The van der Waals surface area contributed by atoms with Crippen LogP contribution in [0.25, 0.3) is 0 Å². The zero-order valence-corrected chi connectivity index (χ0v) is 4.85. The third kappa shape index (κ3) is 0.447. The molecule has 0 aromatic heterocycles. The maximum absolute atomic E-state index is 5.48. The molecule has 0 N–H and O–H groups in total. The number of rotatable bonds is 0. The number of hydrogen-bond donors (Lipinski definition) is 0. The number of allylic oxidation sites excluding steroid dienone is 2. The van der Waals surface area contributed by atoms with Crippen LogP contribution in [0, 0.1) is 0 Å². The van der Waals surface area contributed by atoms with E-state index in [9.17, 15) is 0 Å².